The predicted molar refractivity (Wildman–Crippen MR) is 288 cm³/mol. The van der Waals surface area contributed by atoms with Gasteiger partial charge < -0.3 is 9.32 Å². The van der Waals surface area contributed by atoms with Crippen molar-refractivity contribution in [3.8, 4) is 55.8 Å². The van der Waals surface area contributed by atoms with Crippen molar-refractivity contribution in [3.05, 3.63) is 261 Å². The van der Waals surface area contributed by atoms with Gasteiger partial charge in [0.25, 0.3) is 0 Å². The summed E-state index contributed by atoms with van der Waals surface area (Å²) < 4.78 is 6.31. The maximum Gasteiger partial charge on any atom is 0.136 e. The molecule has 318 valence electrons. The fourth-order valence-corrected chi connectivity index (χ4v) is 10.2. The van der Waals surface area contributed by atoms with Crippen LogP contribution in [0.25, 0.3) is 110 Å². The van der Waals surface area contributed by atoms with Gasteiger partial charge in [-0.3, -0.25) is 0 Å². The lowest BCUT2D eigenvalue weighted by Gasteiger charge is -2.26. The molecule has 1 aromatic heterocycles. The average Bonchev–Trinajstić information content (AvgIpc) is 3.86. The highest BCUT2D eigenvalue weighted by molar-refractivity contribution is 6.14. The molecule has 0 saturated carbocycles. The molecule has 13 rings (SSSR count). The van der Waals surface area contributed by atoms with Crippen LogP contribution in [0.4, 0.5) is 17.1 Å². The number of fused-ring (bicyclic) bond motifs is 7. The minimum absolute atomic E-state index is 0.875. The van der Waals surface area contributed by atoms with Crippen molar-refractivity contribution in [1.82, 2.24) is 0 Å². The Kier molecular flexibility index (Phi) is 9.54. The molecular formula is C66H43NO. The third-order valence-corrected chi connectivity index (χ3v) is 13.7. The van der Waals surface area contributed by atoms with E-state index in [4.69, 9.17) is 4.42 Å². The number of hydrogen-bond donors (Lipinski definition) is 0. The third kappa shape index (κ3) is 6.99. The summed E-state index contributed by atoms with van der Waals surface area (Å²) in [5.74, 6) is 0.875. The molecule has 0 amide bonds. The van der Waals surface area contributed by atoms with Crippen molar-refractivity contribution in [3.63, 3.8) is 0 Å². The second-order valence-electron chi connectivity index (χ2n) is 17.7. The molecule has 0 fully saturated rings. The van der Waals surface area contributed by atoms with Crippen LogP contribution >= 0.6 is 0 Å². The van der Waals surface area contributed by atoms with Crippen molar-refractivity contribution in [2.75, 3.05) is 4.90 Å². The van der Waals surface area contributed by atoms with Gasteiger partial charge in [-0.2, -0.15) is 0 Å². The number of benzene rings is 12. The van der Waals surface area contributed by atoms with Gasteiger partial charge in [-0.15, -0.1) is 0 Å². The summed E-state index contributed by atoms with van der Waals surface area (Å²) >= 11 is 0. The van der Waals surface area contributed by atoms with Gasteiger partial charge in [-0.05, 0) is 148 Å². The molecule has 2 nitrogen and oxygen atoms in total. The van der Waals surface area contributed by atoms with Gasteiger partial charge in [0.1, 0.15) is 11.3 Å². The number of anilines is 3. The lowest BCUT2D eigenvalue weighted by atomic mass is 9.93. The molecule has 0 aliphatic heterocycles. The number of hydrogen-bond acceptors (Lipinski definition) is 2. The van der Waals surface area contributed by atoms with E-state index in [1.807, 2.05) is 18.2 Å². The molecule has 0 radical (unpaired) electrons. The summed E-state index contributed by atoms with van der Waals surface area (Å²) in [6.07, 6.45) is 0. The zero-order valence-electron chi connectivity index (χ0n) is 37.2. The number of rotatable bonds is 8. The normalized spacial score (nSPS) is 11.5. The van der Waals surface area contributed by atoms with Crippen molar-refractivity contribution in [2.24, 2.45) is 0 Å². The Morgan fingerprint density at radius 2 is 0.662 bits per heavy atom. The molecule has 12 aromatic carbocycles. The molecule has 13 aromatic rings. The molecule has 0 spiro atoms. The Morgan fingerprint density at radius 1 is 0.235 bits per heavy atom. The van der Waals surface area contributed by atoms with Crippen LogP contribution < -0.4 is 4.90 Å². The zero-order chi connectivity index (χ0) is 45.0. The first-order valence-electron chi connectivity index (χ1n) is 23.3. The Hall–Kier alpha value is -8.98. The summed E-state index contributed by atoms with van der Waals surface area (Å²) in [7, 11) is 0. The van der Waals surface area contributed by atoms with Gasteiger partial charge in [-0.1, -0.05) is 200 Å². The molecule has 0 saturated heterocycles. The molecule has 0 aliphatic rings. The lowest BCUT2D eigenvalue weighted by Crippen LogP contribution is -2.09. The molecule has 2 heteroatoms. The summed E-state index contributed by atoms with van der Waals surface area (Å²) in [6.45, 7) is 0. The summed E-state index contributed by atoms with van der Waals surface area (Å²) in [6, 6.07) is 94.4. The maximum absolute atomic E-state index is 6.31. The Morgan fingerprint density at radius 3 is 1.34 bits per heavy atom. The van der Waals surface area contributed by atoms with E-state index in [2.05, 4.69) is 248 Å². The standard InChI is InChI=1S/C66H43NO/c1-4-14-57-47(11-1)25-26-52-41-50(33-40-60(52)57)46-29-36-55(37-30-46)67(56-38-31-49(32-39-56)64-42-51-12-2-5-16-59(51)61-17-7-8-18-62(61)64)54-34-27-45(28-35-54)44-21-23-48(24-22-44)58-15-6-9-19-63(58)66-43-53-13-3-10-20-65(53)68-66/h1-43H. The molecular weight excluding hydrogens is 823 g/mol. The van der Waals surface area contributed by atoms with Crippen LogP contribution in [0.1, 0.15) is 0 Å². The SMILES string of the molecule is c1ccc(-c2cc3ccccc3o2)c(-c2ccc(-c3ccc(N(c4ccc(-c5ccc6c(ccc7ccccc76)c5)cc4)c4ccc(-c5cc6ccccc6c6ccccc56)cc4)cc3)cc2)c1. The van der Waals surface area contributed by atoms with Crippen LogP contribution in [0.15, 0.2) is 265 Å². The predicted octanol–water partition coefficient (Wildman–Crippen LogP) is 18.9. The van der Waals surface area contributed by atoms with Gasteiger partial charge >= 0.3 is 0 Å². The van der Waals surface area contributed by atoms with Crippen LogP contribution in [0.3, 0.4) is 0 Å². The number of para-hydroxylation sites is 1. The van der Waals surface area contributed by atoms with E-state index < -0.39 is 0 Å². The van der Waals surface area contributed by atoms with Crippen LogP contribution in [-0.2, 0) is 0 Å². The summed E-state index contributed by atoms with van der Waals surface area (Å²) in [5.41, 5.74) is 14.6. The highest BCUT2D eigenvalue weighted by Gasteiger charge is 2.17. The smallest absolute Gasteiger partial charge is 0.136 e. The van der Waals surface area contributed by atoms with E-state index in [-0.39, 0.29) is 0 Å². The van der Waals surface area contributed by atoms with Gasteiger partial charge in [0, 0.05) is 28.0 Å². The average molecular weight is 866 g/mol. The van der Waals surface area contributed by atoms with Crippen LogP contribution in [0.2, 0.25) is 0 Å². The van der Waals surface area contributed by atoms with E-state index in [9.17, 15) is 0 Å². The largest absolute Gasteiger partial charge is 0.456 e. The fraction of sp³-hybridized carbons (Fsp3) is 0. The second-order valence-corrected chi connectivity index (χ2v) is 17.7. The van der Waals surface area contributed by atoms with E-state index in [1.165, 1.54) is 65.3 Å². The van der Waals surface area contributed by atoms with Crippen LogP contribution in [0.5, 0.6) is 0 Å². The van der Waals surface area contributed by atoms with Crippen LogP contribution in [0, 0.1) is 0 Å². The van der Waals surface area contributed by atoms with Crippen molar-refractivity contribution < 1.29 is 4.42 Å². The zero-order valence-corrected chi connectivity index (χ0v) is 37.2. The Balaban J connectivity index is 0.848. The Bertz CT molecular complexity index is 3960. The quantitative estimate of drug-likeness (QED) is 0.142. The first-order valence-corrected chi connectivity index (χ1v) is 23.3. The molecule has 68 heavy (non-hydrogen) atoms. The number of furan rings is 1. The molecule has 0 aliphatic carbocycles. The minimum Gasteiger partial charge on any atom is -0.456 e. The second kappa shape index (κ2) is 16.5. The third-order valence-electron chi connectivity index (χ3n) is 13.7. The topological polar surface area (TPSA) is 16.4 Å². The van der Waals surface area contributed by atoms with E-state index in [0.29, 0.717) is 0 Å². The highest BCUT2D eigenvalue weighted by atomic mass is 16.3. The molecule has 1 heterocycles. The number of nitrogens with zero attached hydrogens (tertiary/aromatic N) is 1. The van der Waals surface area contributed by atoms with E-state index in [1.54, 1.807) is 0 Å². The van der Waals surface area contributed by atoms with Crippen molar-refractivity contribution >= 4 is 71.1 Å². The van der Waals surface area contributed by atoms with E-state index >= 15 is 0 Å². The van der Waals surface area contributed by atoms with Gasteiger partial charge in [0.05, 0.1) is 0 Å². The van der Waals surface area contributed by atoms with Crippen LogP contribution in [-0.4, -0.2) is 0 Å². The van der Waals surface area contributed by atoms with Gasteiger partial charge in [0.2, 0.25) is 0 Å². The first-order chi connectivity index (χ1) is 33.7. The molecule has 0 bridgehead atoms. The summed E-state index contributed by atoms with van der Waals surface area (Å²) in [5, 5.41) is 11.2. The monoisotopic (exact) mass is 865 g/mol. The highest BCUT2D eigenvalue weighted by Crippen LogP contribution is 2.41. The van der Waals surface area contributed by atoms with Crippen molar-refractivity contribution in [1.29, 1.82) is 0 Å². The molecule has 0 unspecified atom stereocenters. The first kappa shape index (κ1) is 39.4. The Labute approximate surface area is 395 Å². The summed E-state index contributed by atoms with van der Waals surface area (Å²) in [4.78, 5) is 2.36. The lowest BCUT2D eigenvalue weighted by molar-refractivity contribution is 0.632. The minimum atomic E-state index is 0.875. The fourth-order valence-electron chi connectivity index (χ4n) is 10.2. The van der Waals surface area contributed by atoms with E-state index in [0.717, 1.165) is 61.6 Å². The maximum atomic E-state index is 6.31. The molecule has 0 N–H and O–H groups in total. The molecule has 0 atom stereocenters. The van der Waals surface area contributed by atoms with Crippen molar-refractivity contribution in [2.45, 2.75) is 0 Å². The van der Waals surface area contributed by atoms with Gasteiger partial charge in [0.15, 0.2) is 0 Å². The van der Waals surface area contributed by atoms with Gasteiger partial charge in [-0.25, -0.2) is 0 Å².